The third-order valence-corrected chi connectivity index (χ3v) is 7.00. The van der Waals surface area contributed by atoms with Crippen LogP contribution in [0.1, 0.15) is 35.2 Å². The highest BCUT2D eigenvalue weighted by atomic mass is 32.2. The van der Waals surface area contributed by atoms with Crippen molar-refractivity contribution in [2.45, 2.75) is 42.7 Å². The van der Waals surface area contributed by atoms with E-state index in [1.807, 2.05) is 18.2 Å². The molecule has 30 heavy (non-hydrogen) atoms. The number of nitrogens with two attached hydrogens (primary N) is 1. The van der Waals surface area contributed by atoms with Crippen LogP contribution in [0.2, 0.25) is 0 Å². The van der Waals surface area contributed by atoms with Gasteiger partial charge in [-0.25, -0.2) is 13.6 Å². The first-order valence-electron chi connectivity index (χ1n) is 10.1. The summed E-state index contributed by atoms with van der Waals surface area (Å²) in [4.78, 5) is 27.8. The van der Waals surface area contributed by atoms with Gasteiger partial charge in [0, 0.05) is 18.2 Å². The average molecular weight is 428 g/mol. The normalized spacial score (nSPS) is 22.8. The molecule has 2 aromatic rings. The third kappa shape index (κ3) is 4.11. The number of nitrogens with zero attached hydrogens (tertiary/aromatic N) is 1. The smallest absolute Gasteiger partial charge is 0.254 e. The number of carbonyl (C=O) groups is 2. The largest absolute Gasteiger partial charge is 0.354 e. The Morgan fingerprint density at radius 1 is 1.03 bits per heavy atom. The number of carbonyl (C=O) groups excluding carboxylic acids is 2. The van der Waals surface area contributed by atoms with Crippen LogP contribution in [0.25, 0.3) is 0 Å². The number of amides is 2. The van der Waals surface area contributed by atoms with Crippen LogP contribution in [0.4, 0.5) is 0 Å². The van der Waals surface area contributed by atoms with Crippen molar-refractivity contribution in [1.29, 1.82) is 0 Å². The van der Waals surface area contributed by atoms with E-state index in [0.29, 0.717) is 18.5 Å². The molecule has 2 aromatic carbocycles. The van der Waals surface area contributed by atoms with Crippen molar-refractivity contribution in [3.63, 3.8) is 0 Å². The minimum absolute atomic E-state index is 0.0623. The van der Waals surface area contributed by atoms with Gasteiger partial charge in [-0.05, 0) is 61.4 Å². The zero-order valence-corrected chi connectivity index (χ0v) is 17.3. The lowest BCUT2D eigenvalue weighted by atomic mass is 9.97. The van der Waals surface area contributed by atoms with Crippen LogP contribution < -0.4 is 10.5 Å². The van der Waals surface area contributed by atoms with Gasteiger partial charge in [-0.15, -0.1) is 0 Å². The fourth-order valence-corrected chi connectivity index (χ4v) is 5.14. The molecule has 3 atom stereocenters. The van der Waals surface area contributed by atoms with Gasteiger partial charge in [-0.1, -0.05) is 30.3 Å². The van der Waals surface area contributed by atoms with Crippen molar-refractivity contribution >= 4 is 21.8 Å². The van der Waals surface area contributed by atoms with Crippen LogP contribution >= 0.6 is 0 Å². The molecule has 2 fully saturated rings. The Labute approximate surface area is 176 Å². The predicted octanol–water partition coefficient (Wildman–Crippen LogP) is 1.69. The second-order valence-corrected chi connectivity index (χ2v) is 9.54. The molecule has 0 radical (unpaired) electrons. The Morgan fingerprint density at radius 3 is 2.40 bits per heavy atom. The molecule has 0 spiro atoms. The van der Waals surface area contributed by atoms with E-state index >= 15 is 0 Å². The summed E-state index contributed by atoms with van der Waals surface area (Å²) in [7, 11) is -3.71. The number of fused-ring (bicyclic) bond motifs is 2. The van der Waals surface area contributed by atoms with E-state index in [2.05, 4.69) is 5.32 Å². The Kier molecular flexibility index (Phi) is 5.62. The van der Waals surface area contributed by atoms with Gasteiger partial charge < -0.3 is 10.2 Å². The molecule has 1 saturated carbocycles. The highest BCUT2D eigenvalue weighted by molar-refractivity contribution is 7.89. The number of piperidine rings is 1. The molecule has 2 aliphatic rings. The first-order chi connectivity index (χ1) is 14.3. The summed E-state index contributed by atoms with van der Waals surface area (Å²) in [5.74, 6) is 0.00544. The second kappa shape index (κ2) is 8.20. The van der Waals surface area contributed by atoms with Crippen LogP contribution in [0.15, 0.2) is 59.5 Å². The van der Waals surface area contributed by atoms with Gasteiger partial charge in [0.2, 0.25) is 15.9 Å². The Hall–Kier alpha value is -2.71. The molecule has 7 nitrogen and oxygen atoms in total. The molecular weight excluding hydrogens is 402 g/mol. The average Bonchev–Trinajstić information content (AvgIpc) is 3.35. The van der Waals surface area contributed by atoms with E-state index in [0.717, 1.165) is 24.8 Å². The number of rotatable bonds is 6. The third-order valence-electron chi connectivity index (χ3n) is 6.07. The van der Waals surface area contributed by atoms with Crippen molar-refractivity contribution < 1.29 is 18.0 Å². The Morgan fingerprint density at radius 2 is 1.73 bits per heavy atom. The van der Waals surface area contributed by atoms with Gasteiger partial charge >= 0.3 is 0 Å². The minimum atomic E-state index is -3.71. The lowest BCUT2D eigenvalue weighted by molar-refractivity contribution is -0.126. The van der Waals surface area contributed by atoms with Crippen LogP contribution in [-0.4, -0.2) is 43.8 Å². The van der Waals surface area contributed by atoms with Gasteiger partial charge in [0.05, 0.1) is 4.90 Å². The fourth-order valence-electron chi connectivity index (χ4n) is 4.63. The van der Waals surface area contributed by atoms with Crippen molar-refractivity contribution in [2.75, 3.05) is 6.54 Å². The number of sulfonamides is 1. The van der Waals surface area contributed by atoms with Gasteiger partial charge in [0.1, 0.15) is 6.04 Å². The van der Waals surface area contributed by atoms with E-state index in [1.165, 1.54) is 12.1 Å². The molecule has 8 heteroatoms. The number of hydrogen-bond acceptors (Lipinski definition) is 4. The first kappa shape index (κ1) is 20.6. The van der Waals surface area contributed by atoms with Crippen molar-refractivity contribution in [3.05, 3.63) is 65.7 Å². The summed E-state index contributed by atoms with van der Waals surface area (Å²) < 4.78 is 22.7. The number of likely N-dealkylation sites (tertiary alicyclic amines) is 1. The maximum Gasteiger partial charge on any atom is 0.254 e. The van der Waals surface area contributed by atoms with Gasteiger partial charge in [-0.3, -0.25) is 9.59 Å². The molecule has 1 heterocycles. The highest BCUT2D eigenvalue weighted by Gasteiger charge is 2.51. The Bertz CT molecular complexity index is 1040. The van der Waals surface area contributed by atoms with Crippen LogP contribution in [0, 0.1) is 5.92 Å². The van der Waals surface area contributed by atoms with E-state index in [4.69, 9.17) is 5.14 Å². The molecule has 1 aliphatic carbocycles. The quantitative estimate of drug-likeness (QED) is 0.731. The molecule has 1 saturated heterocycles. The van der Waals surface area contributed by atoms with Gasteiger partial charge in [0.25, 0.3) is 5.91 Å². The molecule has 2 bridgehead atoms. The molecule has 0 aromatic heterocycles. The molecular formula is C22H25N3O4S. The first-order valence-corrected chi connectivity index (χ1v) is 11.7. The van der Waals surface area contributed by atoms with Crippen molar-refractivity contribution in [3.8, 4) is 0 Å². The lowest BCUT2D eigenvalue weighted by Crippen LogP contribution is -2.53. The minimum Gasteiger partial charge on any atom is -0.354 e. The lowest BCUT2D eigenvalue weighted by Gasteiger charge is -2.34. The van der Waals surface area contributed by atoms with Gasteiger partial charge in [-0.2, -0.15) is 0 Å². The fraction of sp³-hybridized carbons (Fsp3) is 0.364. The summed E-state index contributed by atoms with van der Waals surface area (Å²) >= 11 is 0. The highest BCUT2D eigenvalue weighted by Crippen LogP contribution is 2.43. The molecule has 158 valence electrons. The summed E-state index contributed by atoms with van der Waals surface area (Å²) in [5, 5.41) is 8.07. The second-order valence-electron chi connectivity index (χ2n) is 7.98. The molecule has 0 unspecified atom stereocenters. The molecule has 3 N–H and O–H groups in total. The number of hydrogen-bond donors (Lipinski definition) is 2. The van der Waals surface area contributed by atoms with E-state index in [1.54, 1.807) is 29.2 Å². The van der Waals surface area contributed by atoms with Crippen LogP contribution in [0.5, 0.6) is 0 Å². The summed E-state index contributed by atoms with van der Waals surface area (Å²) in [6.45, 7) is 0.412. The molecule has 2 amide bonds. The zero-order chi connectivity index (χ0) is 21.3. The maximum atomic E-state index is 13.0. The van der Waals surface area contributed by atoms with E-state index < -0.39 is 16.1 Å². The number of benzene rings is 2. The van der Waals surface area contributed by atoms with Crippen molar-refractivity contribution in [2.24, 2.45) is 11.1 Å². The number of primary sulfonamides is 1. The van der Waals surface area contributed by atoms with Crippen LogP contribution in [-0.2, 0) is 21.2 Å². The number of nitrogens with one attached hydrogen (secondary N) is 1. The summed E-state index contributed by atoms with van der Waals surface area (Å²) in [6.07, 6.45) is 3.36. The summed E-state index contributed by atoms with van der Waals surface area (Å²) in [6, 6.07) is 15.1. The van der Waals surface area contributed by atoms with Crippen molar-refractivity contribution in [1.82, 2.24) is 10.2 Å². The predicted molar refractivity (Wildman–Crippen MR) is 112 cm³/mol. The topological polar surface area (TPSA) is 110 Å². The molecule has 1 aliphatic heterocycles. The van der Waals surface area contributed by atoms with E-state index in [9.17, 15) is 18.0 Å². The van der Waals surface area contributed by atoms with E-state index in [-0.39, 0.29) is 28.7 Å². The monoisotopic (exact) mass is 427 g/mol. The van der Waals surface area contributed by atoms with Gasteiger partial charge in [0.15, 0.2) is 0 Å². The van der Waals surface area contributed by atoms with Crippen LogP contribution in [0.3, 0.4) is 0 Å². The summed E-state index contributed by atoms with van der Waals surface area (Å²) in [5.41, 5.74) is 1.51. The standard InChI is InChI=1S/C22H25N3O4S/c23-30(28,29)19-10-6-15(7-11-19)12-13-24-21(26)20-17-8-9-18(14-17)25(20)22(27)16-4-2-1-3-5-16/h1-7,10-11,17-18,20H,8-9,12-14H2,(H,24,26)(H2,23,28,29)/t17-,18-,20+/m0/s1. The SMILES string of the molecule is NS(=O)(=O)c1ccc(CCNC(=O)[C@H]2[C@H]3CC[C@@H](C3)N2C(=O)c2ccccc2)cc1. The maximum absolute atomic E-state index is 13.0. The molecule has 4 rings (SSSR count). The zero-order valence-electron chi connectivity index (χ0n) is 16.5. The Balaban J connectivity index is 1.39.